The van der Waals surface area contributed by atoms with Crippen molar-refractivity contribution in [3.05, 3.63) is 65.7 Å². The number of Topliss-reactive ketones (excluding diaryl/α,β-unsaturated/α-hetero) is 2. The summed E-state index contributed by atoms with van der Waals surface area (Å²) < 4.78 is 0. The van der Waals surface area contributed by atoms with Crippen LogP contribution in [0.25, 0.3) is 11.4 Å². The molecule has 2 unspecified atom stereocenters. The Morgan fingerprint density at radius 3 is 2.41 bits per heavy atom. The second-order valence-corrected chi connectivity index (χ2v) is 6.99. The highest BCUT2D eigenvalue weighted by atomic mass is 16.2. The molecule has 1 N–H and O–H groups in total. The quantitative estimate of drug-likeness (QED) is 0.508. The van der Waals surface area contributed by atoms with Crippen LogP contribution in [0, 0.1) is 5.92 Å². The van der Waals surface area contributed by atoms with Crippen molar-refractivity contribution in [1.29, 1.82) is 0 Å². The summed E-state index contributed by atoms with van der Waals surface area (Å²) in [5.74, 6) is -2.10. The van der Waals surface area contributed by atoms with Gasteiger partial charge in [-0.2, -0.15) is 5.21 Å². The first-order valence-corrected chi connectivity index (χ1v) is 9.29. The van der Waals surface area contributed by atoms with Crippen molar-refractivity contribution < 1.29 is 14.4 Å². The van der Waals surface area contributed by atoms with Crippen LogP contribution in [0.4, 0.5) is 0 Å². The number of hydrogen-bond donors (Lipinski definition) is 1. The van der Waals surface area contributed by atoms with Gasteiger partial charge in [-0.05, 0) is 29.7 Å². The van der Waals surface area contributed by atoms with Crippen molar-refractivity contribution in [2.45, 2.75) is 19.4 Å². The lowest BCUT2D eigenvalue weighted by molar-refractivity contribution is -0.142. The Morgan fingerprint density at radius 1 is 1.07 bits per heavy atom. The van der Waals surface area contributed by atoms with Crippen molar-refractivity contribution in [2.24, 2.45) is 5.92 Å². The monoisotopic (exact) mass is 389 g/mol. The average Bonchev–Trinajstić information content (AvgIpc) is 3.35. The van der Waals surface area contributed by atoms with E-state index in [-0.39, 0.29) is 5.78 Å². The summed E-state index contributed by atoms with van der Waals surface area (Å²) in [7, 11) is 0. The van der Waals surface area contributed by atoms with E-state index in [0.29, 0.717) is 18.8 Å². The molecule has 0 saturated carbocycles. The third-order valence-corrected chi connectivity index (χ3v) is 5.18. The Kier molecular flexibility index (Phi) is 4.99. The number of benzene rings is 2. The van der Waals surface area contributed by atoms with Crippen LogP contribution in [0.15, 0.2) is 54.6 Å². The Labute approximate surface area is 166 Å². The van der Waals surface area contributed by atoms with Crippen LogP contribution in [-0.2, 0) is 20.8 Å². The van der Waals surface area contributed by atoms with E-state index in [1.807, 2.05) is 30.3 Å². The lowest BCUT2D eigenvalue weighted by Gasteiger charge is -2.27. The number of carbonyl (C=O) groups excluding carboxylic acids is 3. The van der Waals surface area contributed by atoms with Gasteiger partial charge >= 0.3 is 0 Å². The molecule has 1 amide bonds. The Bertz CT molecular complexity index is 1030. The number of hydrogen-bond acceptors (Lipinski definition) is 6. The smallest absolute Gasteiger partial charge is 0.291 e. The fourth-order valence-electron chi connectivity index (χ4n) is 3.75. The number of nitrogens with zero attached hydrogens (tertiary/aromatic N) is 4. The summed E-state index contributed by atoms with van der Waals surface area (Å²) in [6.45, 7) is 1.72. The third kappa shape index (κ3) is 3.56. The number of amides is 1. The first kappa shape index (κ1) is 18.7. The minimum Gasteiger partial charge on any atom is -0.328 e. The van der Waals surface area contributed by atoms with Gasteiger partial charge in [0.2, 0.25) is 11.6 Å². The maximum atomic E-state index is 12.7. The molecule has 2 atom stereocenters. The van der Waals surface area contributed by atoms with Crippen LogP contribution >= 0.6 is 0 Å². The number of H-pyrrole nitrogens is 1. The Balaban J connectivity index is 1.64. The van der Waals surface area contributed by atoms with Gasteiger partial charge in [-0.1, -0.05) is 54.6 Å². The molecule has 0 radical (unpaired) electrons. The van der Waals surface area contributed by atoms with Crippen molar-refractivity contribution in [1.82, 2.24) is 25.5 Å². The predicted octanol–water partition coefficient (Wildman–Crippen LogP) is 1.77. The topological polar surface area (TPSA) is 109 Å². The SMILES string of the molecule is CC(=O)C1C(=O)C(=O)N(CCc2ccccc2)C1c1ccc(-c2nn[nH]n2)cc1. The molecule has 2 heterocycles. The maximum absolute atomic E-state index is 12.7. The van der Waals surface area contributed by atoms with E-state index in [1.165, 1.54) is 11.8 Å². The van der Waals surface area contributed by atoms with E-state index in [9.17, 15) is 14.4 Å². The number of aromatic nitrogens is 4. The first-order valence-electron chi connectivity index (χ1n) is 9.29. The number of likely N-dealkylation sites (tertiary alicyclic amines) is 1. The van der Waals surface area contributed by atoms with Gasteiger partial charge in [0.05, 0.1) is 6.04 Å². The number of tetrazole rings is 1. The van der Waals surface area contributed by atoms with Gasteiger partial charge < -0.3 is 4.90 Å². The molecule has 2 aromatic carbocycles. The van der Waals surface area contributed by atoms with Crippen LogP contribution in [-0.4, -0.2) is 49.5 Å². The highest BCUT2D eigenvalue weighted by molar-refractivity contribution is 6.42. The molecule has 0 bridgehead atoms. The first-order chi connectivity index (χ1) is 14.1. The van der Waals surface area contributed by atoms with E-state index < -0.39 is 23.7 Å². The van der Waals surface area contributed by atoms with Crippen LogP contribution in [0.1, 0.15) is 24.1 Å². The second-order valence-electron chi connectivity index (χ2n) is 6.99. The van der Waals surface area contributed by atoms with E-state index in [2.05, 4.69) is 20.6 Å². The molecule has 3 aromatic rings. The van der Waals surface area contributed by atoms with Crippen LogP contribution in [0.3, 0.4) is 0 Å². The summed E-state index contributed by atoms with van der Waals surface area (Å²) in [5, 5.41) is 13.8. The molecule has 1 aromatic heterocycles. The van der Waals surface area contributed by atoms with Gasteiger partial charge in [0.1, 0.15) is 11.7 Å². The molecule has 4 rings (SSSR count). The normalized spacial score (nSPS) is 19.0. The minimum atomic E-state index is -0.991. The van der Waals surface area contributed by atoms with Crippen LogP contribution < -0.4 is 0 Å². The second kappa shape index (κ2) is 7.75. The molecule has 8 nitrogen and oxygen atoms in total. The predicted molar refractivity (Wildman–Crippen MR) is 103 cm³/mol. The molecular weight excluding hydrogens is 370 g/mol. The molecule has 8 heteroatoms. The van der Waals surface area contributed by atoms with Gasteiger partial charge in [0.25, 0.3) is 5.91 Å². The molecule has 1 saturated heterocycles. The fraction of sp³-hybridized carbons (Fsp3) is 0.238. The Hall–Kier alpha value is -3.68. The van der Waals surface area contributed by atoms with E-state index in [0.717, 1.165) is 16.7 Å². The summed E-state index contributed by atoms with van der Waals surface area (Å²) in [6.07, 6.45) is 0.599. The number of nitrogens with one attached hydrogen (secondary N) is 1. The van der Waals surface area contributed by atoms with Gasteiger partial charge in [0, 0.05) is 12.1 Å². The highest BCUT2D eigenvalue weighted by Gasteiger charge is 2.49. The minimum absolute atomic E-state index is 0.308. The zero-order chi connectivity index (χ0) is 20.4. The largest absolute Gasteiger partial charge is 0.328 e. The zero-order valence-electron chi connectivity index (χ0n) is 15.8. The molecule has 1 aliphatic heterocycles. The van der Waals surface area contributed by atoms with Crippen molar-refractivity contribution in [3.63, 3.8) is 0 Å². The molecule has 1 aliphatic rings. The zero-order valence-corrected chi connectivity index (χ0v) is 15.8. The van der Waals surface area contributed by atoms with E-state index in [4.69, 9.17) is 0 Å². The van der Waals surface area contributed by atoms with Gasteiger partial charge in [0.15, 0.2) is 0 Å². The van der Waals surface area contributed by atoms with Crippen LogP contribution in [0.5, 0.6) is 0 Å². The molecule has 0 aliphatic carbocycles. The highest BCUT2D eigenvalue weighted by Crippen LogP contribution is 2.37. The maximum Gasteiger partial charge on any atom is 0.291 e. The third-order valence-electron chi connectivity index (χ3n) is 5.18. The summed E-state index contributed by atoms with van der Waals surface area (Å²) >= 11 is 0. The van der Waals surface area contributed by atoms with E-state index in [1.54, 1.807) is 24.3 Å². The standard InChI is InChI=1S/C21H19N5O3/c1-13(27)17-18(15-7-9-16(10-8-15)20-22-24-25-23-20)26(21(29)19(17)28)12-11-14-5-3-2-4-6-14/h2-10,17-18H,11-12H2,1H3,(H,22,23,24,25). The molecular formula is C21H19N5O3. The molecule has 1 fully saturated rings. The van der Waals surface area contributed by atoms with Gasteiger partial charge in [-0.25, -0.2) is 0 Å². The summed E-state index contributed by atoms with van der Waals surface area (Å²) in [5.41, 5.74) is 2.53. The lowest BCUT2D eigenvalue weighted by Crippen LogP contribution is -2.32. The fourth-order valence-corrected chi connectivity index (χ4v) is 3.75. The molecule has 29 heavy (non-hydrogen) atoms. The molecule has 0 spiro atoms. The lowest BCUT2D eigenvalue weighted by atomic mass is 9.89. The Morgan fingerprint density at radius 2 is 1.79 bits per heavy atom. The van der Waals surface area contributed by atoms with Crippen molar-refractivity contribution in [2.75, 3.05) is 6.54 Å². The molecule has 146 valence electrons. The summed E-state index contributed by atoms with van der Waals surface area (Å²) in [4.78, 5) is 39.0. The van der Waals surface area contributed by atoms with E-state index >= 15 is 0 Å². The average molecular weight is 389 g/mol. The van der Waals surface area contributed by atoms with Crippen LogP contribution in [0.2, 0.25) is 0 Å². The van der Waals surface area contributed by atoms with Gasteiger partial charge in [-0.15, -0.1) is 10.2 Å². The van der Waals surface area contributed by atoms with Crippen molar-refractivity contribution in [3.8, 4) is 11.4 Å². The number of carbonyl (C=O) groups is 3. The summed E-state index contributed by atoms with van der Waals surface area (Å²) in [6, 6.07) is 16.3. The number of ketones is 2. The van der Waals surface area contributed by atoms with Crippen molar-refractivity contribution >= 4 is 17.5 Å². The van der Waals surface area contributed by atoms with Gasteiger partial charge in [-0.3, -0.25) is 14.4 Å². The number of rotatable bonds is 6. The number of aromatic amines is 1.